The Hall–Kier alpha value is -3.32. The van der Waals surface area contributed by atoms with Crippen molar-refractivity contribution in [2.24, 2.45) is 0 Å². The Morgan fingerprint density at radius 1 is 1.00 bits per heavy atom. The van der Waals surface area contributed by atoms with Crippen molar-refractivity contribution in [2.45, 2.75) is 24.8 Å². The molecular formula is C23H22N2O4S. The minimum absolute atomic E-state index is 0.153. The summed E-state index contributed by atoms with van der Waals surface area (Å²) in [5.74, 6) is 0.307. The maximum absolute atomic E-state index is 13.3. The number of hydrogen-bond acceptors (Lipinski definition) is 4. The number of rotatable bonds is 4. The molecule has 0 saturated heterocycles. The average Bonchev–Trinajstić information content (AvgIpc) is 2.73. The number of anilines is 2. The highest BCUT2D eigenvalue weighted by atomic mass is 32.2. The third-order valence-corrected chi connectivity index (χ3v) is 6.77. The van der Waals surface area contributed by atoms with Gasteiger partial charge in [0.1, 0.15) is 11.9 Å². The predicted molar refractivity (Wildman–Crippen MR) is 117 cm³/mol. The van der Waals surface area contributed by atoms with Gasteiger partial charge < -0.3 is 10.1 Å². The summed E-state index contributed by atoms with van der Waals surface area (Å²) in [4.78, 5) is 12.6. The third-order valence-electron chi connectivity index (χ3n) is 4.97. The Morgan fingerprint density at radius 3 is 2.40 bits per heavy atom. The van der Waals surface area contributed by atoms with E-state index in [1.54, 1.807) is 42.5 Å². The number of carbonyl (C=O) groups excluding carboxylic acids is 1. The second kappa shape index (κ2) is 7.84. The van der Waals surface area contributed by atoms with Gasteiger partial charge in [0.05, 0.1) is 17.1 Å². The summed E-state index contributed by atoms with van der Waals surface area (Å²) >= 11 is 0. The molecule has 30 heavy (non-hydrogen) atoms. The first-order chi connectivity index (χ1) is 14.4. The predicted octanol–water partition coefficient (Wildman–Crippen LogP) is 4.22. The van der Waals surface area contributed by atoms with E-state index in [1.807, 2.05) is 32.0 Å². The number of amides is 1. The molecular weight excluding hydrogens is 400 g/mol. The van der Waals surface area contributed by atoms with Crippen LogP contribution in [-0.4, -0.2) is 27.0 Å². The zero-order valence-electron chi connectivity index (χ0n) is 16.7. The van der Waals surface area contributed by atoms with Gasteiger partial charge in [0.25, 0.3) is 15.9 Å². The van der Waals surface area contributed by atoms with Crippen LogP contribution in [0.25, 0.3) is 0 Å². The SMILES string of the molecule is Cc1ccccc1C(=O)Nc1ccc(S(=O)(=O)N2C[C@@H](C)Oc3ccccc32)cc1. The Bertz CT molecular complexity index is 1190. The lowest BCUT2D eigenvalue weighted by Gasteiger charge is -2.34. The van der Waals surface area contributed by atoms with Crippen molar-refractivity contribution in [3.63, 3.8) is 0 Å². The van der Waals surface area contributed by atoms with E-state index in [0.717, 1.165) is 5.56 Å². The number of aryl methyl sites for hydroxylation is 1. The average molecular weight is 423 g/mol. The van der Waals surface area contributed by atoms with Crippen molar-refractivity contribution in [3.8, 4) is 5.75 Å². The standard InChI is InChI=1S/C23H22N2O4S/c1-16-7-3-4-8-20(16)23(26)24-18-11-13-19(14-12-18)30(27,28)25-15-17(2)29-22-10-6-5-9-21(22)25/h3-14,17H,15H2,1-2H3,(H,24,26)/t17-/m1/s1. The van der Waals surface area contributed by atoms with Crippen LogP contribution in [0.2, 0.25) is 0 Å². The number of para-hydroxylation sites is 2. The zero-order chi connectivity index (χ0) is 21.3. The van der Waals surface area contributed by atoms with E-state index < -0.39 is 10.0 Å². The van der Waals surface area contributed by atoms with Gasteiger partial charge >= 0.3 is 0 Å². The maximum atomic E-state index is 13.3. The Morgan fingerprint density at radius 2 is 1.67 bits per heavy atom. The maximum Gasteiger partial charge on any atom is 0.264 e. The number of sulfonamides is 1. The number of ether oxygens (including phenoxy) is 1. The lowest BCUT2D eigenvalue weighted by molar-refractivity contribution is 0.102. The normalized spacial score (nSPS) is 15.8. The van der Waals surface area contributed by atoms with E-state index in [9.17, 15) is 13.2 Å². The molecule has 154 valence electrons. The third kappa shape index (κ3) is 3.76. The van der Waals surface area contributed by atoms with Crippen LogP contribution in [0, 0.1) is 6.92 Å². The van der Waals surface area contributed by atoms with Gasteiger partial charge in [0, 0.05) is 11.3 Å². The molecule has 4 rings (SSSR count). The molecule has 1 amide bonds. The van der Waals surface area contributed by atoms with Gasteiger partial charge in [-0.15, -0.1) is 0 Å². The minimum Gasteiger partial charge on any atom is -0.487 e. The molecule has 1 aliphatic rings. The van der Waals surface area contributed by atoms with Gasteiger partial charge in [-0.3, -0.25) is 9.10 Å². The largest absolute Gasteiger partial charge is 0.487 e. The second-order valence-electron chi connectivity index (χ2n) is 7.23. The van der Waals surface area contributed by atoms with E-state index in [2.05, 4.69) is 5.32 Å². The number of nitrogens with one attached hydrogen (secondary N) is 1. The molecule has 0 aliphatic carbocycles. The fraction of sp³-hybridized carbons (Fsp3) is 0.174. The van der Waals surface area contributed by atoms with E-state index in [4.69, 9.17) is 4.74 Å². The van der Waals surface area contributed by atoms with Gasteiger partial charge in [-0.1, -0.05) is 30.3 Å². The quantitative estimate of drug-likeness (QED) is 0.683. The highest BCUT2D eigenvalue weighted by Gasteiger charge is 2.32. The molecule has 6 nitrogen and oxygen atoms in total. The van der Waals surface area contributed by atoms with Crippen molar-refractivity contribution >= 4 is 27.3 Å². The van der Waals surface area contributed by atoms with Gasteiger partial charge in [-0.2, -0.15) is 0 Å². The van der Waals surface area contributed by atoms with E-state index >= 15 is 0 Å². The Kier molecular flexibility index (Phi) is 5.22. The second-order valence-corrected chi connectivity index (χ2v) is 9.09. The summed E-state index contributed by atoms with van der Waals surface area (Å²) in [5.41, 5.74) is 2.49. The molecule has 0 bridgehead atoms. The molecule has 1 N–H and O–H groups in total. The molecule has 0 unspecified atom stereocenters. The molecule has 1 aliphatic heterocycles. The van der Waals surface area contributed by atoms with Crippen LogP contribution in [0.1, 0.15) is 22.8 Å². The van der Waals surface area contributed by atoms with Crippen LogP contribution in [0.5, 0.6) is 5.75 Å². The number of carbonyl (C=O) groups is 1. The molecule has 3 aromatic rings. The van der Waals surface area contributed by atoms with Crippen molar-refractivity contribution in [1.82, 2.24) is 0 Å². The van der Waals surface area contributed by atoms with Crippen LogP contribution in [0.3, 0.4) is 0 Å². The molecule has 0 spiro atoms. The summed E-state index contributed by atoms with van der Waals surface area (Å²) in [7, 11) is -3.77. The molecule has 0 fully saturated rings. The molecule has 1 heterocycles. The van der Waals surface area contributed by atoms with Crippen LogP contribution < -0.4 is 14.4 Å². The van der Waals surface area contributed by atoms with E-state index in [0.29, 0.717) is 22.7 Å². The fourth-order valence-corrected chi connectivity index (χ4v) is 4.99. The zero-order valence-corrected chi connectivity index (χ0v) is 17.5. The van der Waals surface area contributed by atoms with Crippen molar-refractivity contribution in [3.05, 3.63) is 83.9 Å². The topological polar surface area (TPSA) is 75.7 Å². The summed E-state index contributed by atoms with van der Waals surface area (Å²) in [6.45, 7) is 3.93. The first-order valence-electron chi connectivity index (χ1n) is 9.62. The molecule has 3 aromatic carbocycles. The van der Waals surface area contributed by atoms with Gasteiger partial charge in [0.2, 0.25) is 0 Å². The van der Waals surface area contributed by atoms with Gasteiger partial charge in [-0.25, -0.2) is 8.42 Å². The van der Waals surface area contributed by atoms with Crippen molar-refractivity contribution in [2.75, 3.05) is 16.2 Å². The molecule has 7 heteroatoms. The van der Waals surface area contributed by atoms with Gasteiger partial charge in [0.15, 0.2) is 0 Å². The lowest BCUT2D eigenvalue weighted by Crippen LogP contribution is -2.42. The minimum atomic E-state index is -3.77. The van der Waals surface area contributed by atoms with E-state index in [-0.39, 0.29) is 23.5 Å². The summed E-state index contributed by atoms with van der Waals surface area (Å²) in [5, 5.41) is 2.81. The van der Waals surface area contributed by atoms with Gasteiger partial charge in [-0.05, 0) is 61.9 Å². The number of hydrogen-bond donors (Lipinski definition) is 1. The van der Waals surface area contributed by atoms with Crippen molar-refractivity contribution in [1.29, 1.82) is 0 Å². The molecule has 1 atom stereocenters. The Labute approximate surface area is 176 Å². The Balaban J connectivity index is 1.58. The van der Waals surface area contributed by atoms with Crippen LogP contribution in [0.15, 0.2) is 77.7 Å². The highest BCUT2D eigenvalue weighted by Crippen LogP contribution is 2.36. The molecule has 0 saturated carbocycles. The number of fused-ring (bicyclic) bond motifs is 1. The summed E-state index contributed by atoms with van der Waals surface area (Å²) < 4.78 is 33.7. The summed E-state index contributed by atoms with van der Waals surface area (Å²) in [6.07, 6.45) is -0.262. The first-order valence-corrected chi connectivity index (χ1v) is 11.1. The van der Waals surface area contributed by atoms with E-state index in [1.165, 1.54) is 16.4 Å². The molecule has 0 radical (unpaired) electrons. The highest BCUT2D eigenvalue weighted by molar-refractivity contribution is 7.92. The monoisotopic (exact) mass is 422 g/mol. The molecule has 0 aromatic heterocycles. The first kappa shape index (κ1) is 20.0. The van der Waals surface area contributed by atoms with Crippen molar-refractivity contribution < 1.29 is 17.9 Å². The van der Waals surface area contributed by atoms with Crippen LogP contribution in [-0.2, 0) is 10.0 Å². The number of nitrogens with zero attached hydrogens (tertiary/aromatic N) is 1. The fourth-order valence-electron chi connectivity index (χ4n) is 3.44. The summed E-state index contributed by atoms with van der Waals surface area (Å²) in [6, 6.07) is 20.6. The van der Waals surface area contributed by atoms with Crippen LogP contribution in [0.4, 0.5) is 11.4 Å². The van der Waals surface area contributed by atoms with Crippen LogP contribution >= 0.6 is 0 Å². The lowest BCUT2D eigenvalue weighted by atomic mass is 10.1. The smallest absolute Gasteiger partial charge is 0.264 e. The number of benzene rings is 3.